The zero-order chi connectivity index (χ0) is 21.7. The third-order valence-corrected chi connectivity index (χ3v) is 7.02. The number of amides is 2. The van der Waals surface area contributed by atoms with Crippen LogP contribution in [0.1, 0.15) is 12.8 Å². The van der Waals surface area contributed by atoms with E-state index in [0.29, 0.717) is 18.5 Å². The second-order valence-corrected chi connectivity index (χ2v) is 9.23. The van der Waals surface area contributed by atoms with E-state index in [2.05, 4.69) is 10.6 Å². The number of carbonyl (C=O) groups excluding carboxylic acids is 2. The van der Waals surface area contributed by atoms with Gasteiger partial charge in [0.25, 0.3) is 0 Å². The van der Waals surface area contributed by atoms with Gasteiger partial charge in [-0.25, -0.2) is 12.8 Å². The molecule has 1 heterocycles. The molecule has 1 saturated heterocycles. The molecule has 0 unspecified atom stereocenters. The molecule has 2 amide bonds. The largest absolute Gasteiger partial charge is 0.347 e. The minimum Gasteiger partial charge on any atom is -0.347 e. The van der Waals surface area contributed by atoms with Gasteiger partial charge in [0.05, 0.1) is 16.5 Å². The average Bonchev–Trinajstić information content (AvgIpc) is 2.74. The van der Waals surface area contributed by atoms with E-state index in [1.54, 1.807) is 24.3 Å². The maximum atomic E-state index is 13.3. The Morgan fingerprint density at radius 1 is 1.10 bits per heavy atom. The Bertz CT molecular complexity index is 1030. The summed E-state index contributed by atoms with van der Waals surface area (Å²) in [5.74, 6) is -1.72. The molecule has 0 aromatic heterocycles. The Labute approximate surface area is 179 Å². The zero-order valence-electron chi connectivity index (χ0n) is 16.0. The van der Waals surface area contributed by atoms with Crippen LogP contribution >= 0.6 is 11.6 Å². The predicted octanol–water partition coefficient (Wildman–Crippen LogP) is 2.63. The van der Waals surface area contributed by atoms with Crippen LogP contribution in [0.25, 0.3) is 0 Å². The highest BCUT2D eigenvalue weighted by Gasteiger charge is 2.32. The van der Waals surface area contributed by atoms with Gasteiger partial charge < -0.3 is 10.6 Å². The Morgan fingerprint density at radius 3 is 2.40 bits per heavy atom. The van der Waals surface area contributed by atoms with Crippen molar-refractivity contribution in [1.29, 1.82) is 0 Å². The minimum atomic E-state index is -3.82. The number of benzene rings is 2. The van der Waals surface area contributed by atoms with Crippen molar-refractivity contribution in [1.82, 2.24) is 9.62 Å². The third-order valence-electron chi connectivity index (χ3n) is 4.83. The molecule has 0 spiro atoms. The van der Waals surface area contributed by atoms with Gasteiger partial charge in [0.1, 0.15) is 5.82 Å². The highest BCUT2D eigenvalue weighted by atomic mass is 35.5. The van der Waals surface area contributed by atoms with Gasteiger partial charge >= 0.3 is 0 Å². The van der Waals surface area contributed by atoms with Gasteiger partial charge in [0.2, 0.25) is 21.8 Å². The maximum absolute atomic E-state index is 13.3. The lowest BCUT2D eigenvalue weighted by Crippen LogP contribution is -2.44. The fraction of sp³-hybridized carbons (Fsp3) is 0.300. The quantitative estimate of drug-likeness (QED) is 0.702. The second-order valence-electron chi connectivity index (χ2n) is 6.89. The number of nitrogens with one attached hydrogen (secondary N) is 2. The number of piperidine rings is 1. The molecule has 3 rings (SSSR count). The van der Waals surface area contributed by atoms with E-state index in [1.165, 1.54) is 10.4 Å². The molecule has 10 heteroatoms. The van der Waals surface area contributed by atoms with E-state index < -0.39 is 21.8 Å². The summed E-state index contributed by atoms with van der Waals surface area (Å²) in [6, 6.07) is 12.1. The summed E-state index contributed by atoms with van der Waals surface area (Å²) in [5, 5.41) is 5.00. The molecule has 0 radical (unpaired) electrons. The fourth-order valence-corrected chi connectivity index (χ4v) is 4.92. The summed E-state index contributed by atoms with van der Waals surface area (Å²) in [6.45, 7) is 0.123. The summed E-state index contributed by atoms with van der Waals surface area (Å²) < 4.78 is 40.0. The van der Waals surface area contributed by atoms with E-state index in [4.69, 9.17) is 11.6 Å². The average molecular weight is 454 g/mol. The van der Waals surface area contributed by atoms with Crippen LogP contribution in [-0.2, 0) is 19.6 Å². The van der Waals surface area contributed by atoms with Crippen molar-refractivity contribution in [2.24, 2.45) is 5.92 Å². The lowest BCUT2D eigenvalue weighted by molar-refractivity contribution is -0.128. The summed E-state index contributed by atoms with van der Waals surface area (Å²) in [6.07, 6.45) is 0.639. The van der Waals surface area contributed by atoms with Gasteiger partial charge in [-0.1, -0.05) is 29.8 Å². The molecule has 160 valence electrons. The molecule has 1 aliphatic heterocycles. The first-order valence-electron chi connectivity index (χ1n) is 9.35. The zero-order valence-corrected chi connectivity index (χ0v) is 17.5. The van der Waals surface area contributed by atoms with Crippen molar-refractivity contribution in [3.05, 3.63) is 59.4 Å². The number of carbonyl (C=O) groups is 2. The van der Waals surface area contributed by atoms with E-state index in [-0.39, 0.29) is 41.4 Å². The first-order valence-corrected chi connectivity index (χ1v) is 11.2. The van der Waals surface area contributed by atoms with Crippen LogP contribution in [0.2, 0.25) is 5.02 Å². The smallest absolute Gasteiger partial charge is 0.243 e. The maximum Gasteiger partial charge on any atom is 0.243 e. The van der Waals surface area contributed by atoms with E-state index >= 15 is 0 Å². The van der Waals surface area contributed by atoms with Crippen LogP contribution in [0.4, 0.5) is 10.1 Å². The molecular weight excluding hydrogens is 433 g/mol. The SMILES string of the molecule is O=C(CNC(=O)C1CCN(S(=O)(=O)c2ccc(F)c(Cl)c2)CC1)Nc1ccccc1. The van der Waals surface area contributed by atoms with Crippen LogP contribution in [0.15, 0.2) is 53.4 Å². The Balaban J connectivity index is 1.50. The van der Waals surface area contributed by atoms with Gasteiger partial charge in [-0.3, -0.25) is 9.59 Å². The molecule has 1 aliphatic rings. The van der Waals surface area contributed by atoms with Crippen molar-refractivity contribution < 1.29 is 22.4 Å². The standard InChI is InChI=1S/C20H21ClFN3O4S/c21-17-12-16(6-7-18(17)22)30(28,29)25-10-8-14(9-11-25)20(27)23-13-19(26)24-15-4-2-1-3-5-15/h1-7,12,14H,8-11,13H2,(H,23,27)(H,24,26). The van der Waals surface area contributed by atoms with Crippen LogP contribution in [0, 0.1) is 11.7 Å². The monoisotopic (exact) mass is 453 g/mol. The van der Waals surface area contributed by atoms with Gasteiger partial charge in [0, 0.05) is 24.7 Å². The van der Waals surface area contributed by atoms with Gasteiger partial charge in [-0.2, -0.15) is 4.31 Å². The summed E-state index contributed by atoms with van der Waals surface area (Å²) >= 11 is 5.69. The lowest BCUT2D eigenvalue weighted by Gasteiger charge is -2.30. The van der Waals surface area contributed by atoms with Crippen molar-refractivity contribution >= 4 is 39.1 Å². The second kappa shape index (κ2) is 9.55. The van der Waals surface area contributed by atoms with Crippen LogP contribution in [-0.4, -0.2) is 44.2 Å². The molecule has 7 nitrogen and oxygen atoms in total. The van der Waals surface area contributed by atoms with E-state index in [1.807, 2.05) is 6.07 Å². The fourth-order valence-electron chi connectivity index (χ4n) is 3.18. The summed E-state index contributed by atoms with van der Waals surface area (Å²) in [5.41, 5.74) is 0.635. The molecule has 2 aromatic carbocycles. The third kappa shape index (κ3) is 5.35. The number of hydrogen-bond donors (Lipinski definition) is 2. The predicted molar refractivity (Wildman–Crippen MR) is 111 cm³/mol. The highest BCUT2D eigenvalue weighted by Crippen LogP contribution is 2.26. The van der Waals surface area contributed by atoms with Crippen molar-refractivity contribution in [3.63, 3.8) is 0 Å². The molecule has 0 saturated carbocycles. The number of para-hydroxylation sites is 1. The first kappa shape index (κ1) is 22.2. The summed E-state index contributed by atoms with van der Waals surface area (Å²) in [7, 11) is -3.82. The summed E-state index contributed by atoms with van der Waals surface area (Å²) in [4.78, 5) is 24.2. The first-order chi connectivity index (χ1) is 14.3. The number of rotatable bonds is 6. The number of halogens is 2. The van der Waals surface area contributed by atoms with Gasteiger partial charge in [0.15, 0.2) is 0 Å². The van der Waals surface area contributed by atoms with Crippen molar-refractivity contribution in [3.8, 4) is 0 Å². The topological polar surface area (TPSA) is 95.6 Å². The molecule has 2 aromatic rings. The van der Waals surface area contributed by atoms with Crippen LogP contribution in [0.3, 0.4) is 0 Å². The van der Waals surface area contributed by atoms with E-state index in [0.717, 1.165) is 12.1 Å². The Morgan fingerprint density at radius 2 is 1.77 bits per heavy atom. The molecule has 0 atom stereocenters. The van der Waals surface area contributed by atoms with Crippen molar-refractivity contribution in [2.75, 3.05) is 25.0 Å². The number of sulfonamides is 1. The Hall–Kier alpha value is -2.49. The van der Waals surface area contributed by atoms with E-state index in [9.17, 15) is 22.4 Å². The molecular formula is C20H21ClFN3O4S. The molecule has 1 fully saturated rings. The molecule has 30 heavy (non-hydrogen) atoms. The Kier molecular flexibility index (Phi) is 7.06. The number of hydrogen-bond acceptors (Lipinski definition) is 4. The minimum absolute atomic E-state index is 0.0885. The highest BCUT2D eigenvalue weighted by molar-refractivity contribution is 7.89. The number of anilines is 1. The van der Waals surface area contributed by atoms with Crippen molar-refractivity contribution in [2.45, 2.75) is 17.7 Å². The lowest BCUT2D eigenvalue weighted by atomic mass is 9.97. The molecule has 0 aliphatic carbocycles. The van der Waals surface area contributed by atoms with Crippen LogP contribution < -0.4 is 10.6 Å². The normalized spacial score (nSPS) is 15.5. The molecule has 0 bridgehead atoms. The van der Waals surface area contributed by atoms with Crippen LogP contribution in [0.5, 0.6) is 0 Å². The van der Waals surface area contributed by atoms with Gasteiger partial charge in [-0.15, -0.1) is 0 Å². The molecule has 2 N–H and O–H groups in total. The van der Waals surface area contributed by atoms with Gasteiger partial charge in [-0.05, 0) is 43.2 Å². The number of nitrogens with zero attached hydrogens (tertiary/aromatic N) is 1.